The second-order valence-corrected chi connectivity index (χ2v) is 29.1. The van der Waals surface area contributed by atoms with Crippen LogP contribution in [-0.2, 0) is 44.4 Å². The van der Waals surface area contributed by atoms with Crippen LogP contribution < -0.4 is 14.2 Å². The zero-order chi connectivity index (χ0) is 41.9. The summed E-state index contributed by atoms with van der Waals surface area (Å²) in [5.41, 5.74) is 5.32. The quantitative estimate of drug-likeness (QED) is 0.0323. The van der Waals surface area contributed by atoms with Gasteiger partial charge in [-0.05, 0) is 136 Å². The van der Waals surface area contributed by atoms with Gasteiger partial charge in [-0.2, -0.15) is 0 Å². The van der Waals surface area contributed by atoms with Crippen LogP contribution in [-0.4, -0.2) is 60.3 Å². The molecule has 0 aromatic heterocycles. The molecule has 0 spiro atoms. The first kappa shape index (κ1) is 46.1. The zero-order valence-electron chi connectivity index (χ0n) is 35.1. The SMILES string of the molecule is COC(O)Oc1ccc(CCC[Si](C)(C)O[Si](C)(C)O[Si](C)(C)CCCc2ccc(OC(=O)Oc3ccc(C(C)(C)c4ccccc4)cc3)c(CO)c2)cc1CO. The first-order valence-corrected chi connectivity index (χ1v) is 28.7. The Morgan fingerprint density at radius 2 is 1.16 bits per heavy atom. The molecular formula is C44H62O10Si3. The summed E-state index contributed by atoms with van der Waals surface area (Å²) in [6, 6.07) is 30.7. The van der Waals surface area contributed by atoms with E-state index in [-0.39, 0.29) is 24.4 Å². The molecule has 0 saturated carbocycles. The molecule has 0 aliphatic rings. The summed E-state index contributed by atoms with van der Waals surface area (Å²) < 4.78 is 34.8. The smallest absolute Gasteiger partial charge is 0.441 e. The maximum absolute atomic E-state index is 12.7. The summed E-state index contributed by atoms with van der Waals surface area (Å²) in [5.74, 6) is 1.04. The Hall–Kier alpha value is -3.64. The predicted molar refractivity (Wildman–Crippen MR) is 231 cm³/mol. The van der Waals surface area contributed by atoms with Crippen molar-refractivity contribution >= 4 is 31.4 Å². The van der Waals surface area contributed by atoms with Crippen LogP contribution in [0.4, 0.5) is 4.79 Å². The lowest BCUT2D eigenvalue weighted by molar-refractivity contribution is -0.200. The largest absolute Gasteiger partial charge is 0.519 e. The third-order valence-electron chi connectivity index (χ3n) is 10.0. The van der Waals surface area contributed by atoms with Gasteiger partial charge in [0.15, 0.2) is 16.6 Å². The minimum atomic E-state index is -2.42. The molecule has 310 valence electrons. The van der Waals surface area contributed by atoms with Crippen LogP contribution >= 0.6 is 0 Å². The molecule has 0 aliphatic heterocycles. The van der Waals surface area contributed by atoms with Crippen LogP contribution in [0.3, 0.4) is 0 Å². The molecule has 0 aliphatic carbocycles. The molecule has 4 aromatic rings. The van der Waals surface area contributed by atoms with E-state index < -0.39 is 37.8 Å². The fourth-order valence-electron chi connectivity index (χ4n) is 7.25. The Kier molecular flexibility index (Phi) is 16.5. The van der Waals surface area contributed by atoms with Gasteiger partial charge in [0, 0.05) is 23.7 Å². The van der Waals surface area contributed by atoms with E-state index in [1.807, 2.05) is 54.6 Å². The van der Waals surface area contributed by atoms with Crippen LogP contribution in [0.5, 0.6) is 17.2 Å². The van der Waals surface area contributed by atoms with Crippen molar-refractivity contribution in [1.82, 2.24) is 0 Å². The first-order chi connectivity index (χ1) is 26.8. The fourth-order valence-corrected chi connectivity index (χ4v) is 21.3. The van der Waals surface area contributed by atoms with Gasteiger partial charge in [-0.1, -0.05) is 68.4 Å². The number of carbonyl (C=O) groups is 1. The van der Waals surface area contributed by atoms with Gasteiger partial charge in [0.05, 0.1) is 13.2 Å². The molecule has 0 bridgehead atoms. The van der Waals surface area contributed by atoms with Crippen LogP contribution in [0, 0.1) is 0 Å². The van der Waals surface area contributed by atoms with Crippen molar-refractivity contribution in [2.24, 2.45) is 0 Å². The number of aliphatic hydroxyl groups is 3. The number of aryl methyl sites for hydroxylation is 2. The Labute approximate surface area is 342 Å². The highest BCUT2D eigenvalue weighted by Crippen LogP contribution is 2.33. The predicted octanol–water partition coefficient (Wildman–Crippen LogP) is 9.59. The number of aliphatic hydroxyl groups excluding tert-OH is 3. The van der Waals surface area contributed by atoms with Gasteiger partial charge in [-0.3, -0.25) is 0 Å². The van der Waals surface area contributed by atoms with Crippen LogP contribution in [0.25, 0.3) is 0 Å². The van der Waals surface area contributed by atoms with E-state index in [2.05, 4.69) is 65.3 Å². The van der Waals surface area contributed by atoms with Crippen molar-refractivity contribution in [3.8, 4) is 17.2 Å². The summed E-state index contributed by atoms with van der Waals surface area (Å²) in [5, 5.41) is 29.6. The molecule has 0 heterocycles. The average molecular weight is 835 g/mol. The summed E-state index contributed by atoms with van der Waals surface area (Å²) in [4.78, 5) is 12.7. The second-order valence-electron chi connectivity index (χ2n) is 16.7. The van der Waals surface area contributed by atoms with Gasteiger partial charge in [-0.15, -0.1) is 0 Å². The Balaban J connectivity index is 1.23. The highest BCUT2D eigenvalue weighted by atomic mass is 28.5. The van der Waals surface area contributed by atoms with Crippen molar-refractivity contribution in [1.29, 1.82) is 0 Å². The van der Waals surface area contributed by atoms with Crippen molar-refractivity contribution in [3.63, 3.8) is 0 Å². The highest BCUT2D eigenvalue weighted by molar-refractivity contribution is 6.87. The Bertz CT molecular complexity index is 1880. The molecule has 4 rings (SSSR count). The molecule has 0 saturated heterocycles. The van der Waals surface area contributed by atoms with Crippen LogP contribution in [0.1, 0.15) is 60.1 Å². The molecule has 57 heavy (non-hydrogen) atoms. The Morgan fingerprint density at radius 1 is 0.667 bits per heavy atom. The van der Waals surface area contributed by atoms with E-state index in [0.29, 0.717) is 22.6 Å². The van der Waals surface area contributed by atoms with Gasteiger partial charge in [-0.25, -0.2) is 4.79 Å². The molecule has 10 nitrogen and oxygen atoms in total. The second kappa shape index (κ2) is 20.4. The van der Waals surface area contributed by atoms with Crippen LogP contribution in [0.2, 0.25) is 51.4 Å². The standard InChI is InChI=1S/C44H62O10Si3/c1-44(2,37-17-11-10-12-18-37)38-21-23-39(24-22-38)50-43(48)52-41-26-20-34(30-36(41)32-46)16-14-28-56(6,7)54-57(8,9)53-55(4,5)27-13-15-33-19-25-40(35(29-33)31-45)51-42(47)49-3/h10-12,17-26,29-30,42,45-47H,13-16,27-28,31-32H2,1-9H3. The van der Waals surface area contributed by atoms with E-state index in [1.165, 1.54) is 12.7 Å². The number of hydrogen-bond acceptors (Lipinski definition) is 10. The van der Waals surface area contributed by atoms with Gasteiger partial charge in [0.25, 0.3) is 0 Å². The van der Waals surface area contributed by atoms with E-state index in [9.17, 15) is 20.1 Å². The zero-order valence-corrected chi connectivity index (χ0v) is 38.1. The summed E-state index contributed by atoms with van der Waals surface area (Å²) >= 11 is 0. The third-order valence-corrected chi connectivity index (χ3v) is 21.5. The monoisotopic (exact) mass is 834 g/mol. The van der Waals surface area contributed by atoms with Crippen molar-refractivity contribution in [2.45, 2.75) is 116 Å². The number of hydrogen-bond donors (Lipinski definition) is 3. The molecule has 1 unspecified atom stereocenters. The maximum atomic E-state index is 12.7. The average Bonchev–Trinajstić information content (AvgIpc) is 3.15. The molecule has 4 aromatic carbocycles. The Morgan fingerprint density at radius 3 is 1.67 bits per heavy atom. The minimum absolute atomic E-state index is 0.200. The van der Waals surface area contributed by atoms with E-state index in [0.717, 1.165) is 54.5 Å². The fraction of sp³-hybridized carbons (Fsp3) is 0.432. The number of ether oxygens (including phenoxy) is 4. The number of rotatable bonds is 21. The third kappa shape index (κ3) is 14.3. The normalized spacial score (nSPS) is 13.0. The van der Waals surface area contributed by atoms with E-state index in [4.69, 9.17) is 27.2 Å². The van der Waals surface area contributed by atoms with Crippen molar-refractivity contribution in [2.75, 3.05) is 7.11 Å². The molecule has 0 amide bonds. The first-order valence-electron chi connectivity index (χ1n) is 19.6. The summed E-state index contributed by atoms with van der Waals surface area (Å²) in [6.07, 6.45) is 2.62. The summed E-state index contributed by atoms with van der Waals surface area (Å²) in [7, 11) is -5.19. The molecule has 0 fully saturated rings. The minimum Gasteiger partial charge on any atom is -0.441 e. The van der Waals surface area contributed by atoms with Gasteiger partial charge < -0.3 is 42.5 Å². The molecule has 3 N–H and O–H groups in total. The molecular weight excluding hydrogens is 773 g/mol. The van der Waals surface area contributed by atoms with Gasteiger partial charge in [0.1, 0.15) is 17.2 Å². The highest BCUT2D eigenvalue weighted by Gasteiger charge is 2.39. The van der Waals surface area contributed by atoms with E-state index >= 15 is 0 Å². The lowest BCUT2D eigenvalue weighted by Crippen LogP contribution is -2.52. The van der Waals surface area contributed by atoms with Gasteiger partial charge in [0.2, 0.25) is 0 Å². The topological polar surface area (TPSA) is 133 Å². The van der Waals surface area contributed by atoms with Crippen molar-refractivity contribution in [3.05, 3.63) is 124 Å². The van der Waals surface area contributed by atoms with E-state index in [1.54, 1.807) is 24.3 Å². The summed E-state index contributed by atoms with van der Waals surface area (Å²) in [6.45, 7) is 15.7. The maximum Gasteiger partial charge on any atom is 0.519 e. The molecule has 1 atom stereocenters. The number of methoxy groups -OCH3 is 1. The number of carbonyl (C=O) groups excluding carboxylic acids is 1. The van der Waals surface area contributed by atoms with Crippen molar-refractivity contribution < 1.29 is 47.3 Å². The number of benzene rings is 4. The lowest BCUT2D eigenvalue weighted by atomic mass is 9.78. The van der Waals surface area contributed by atoms with Gasteiger partial charge >= 0.3 is 21.2 Å². The lowest BCUT2D eigenvalue weighted by Gasteiger charge is -2.39. The molecule has 13 heteroatoms. The molecule has 0 radical (unpaired) electrons. The van der Waals surface area contributed by atoms with Crippen LogP contribution in [0.15, 0.2) is 91.0 Å².